The molecule has 0 N–H and O–H groups in total. The highest BCUT2D eigenvalue weighted by Crippen LogP contribution is 2.21. The molecule has 4 nitrogen and oxygen atoms in total. The van der Waals surface area contributed by atoms with E-state index in [0.717, 1.165) is 6.42 Å². The van der Waals surface area contributed by atoms with Crippen molar-refractivity contribution in [3.63, 3.8) is 0 Å². The Balaban J connectivity index is 1.42. The molecule has 5 heteroatoms. The normalized spacial score (nSPS) is 14.8. The molecule has 2 aromatic rings. The lowest BCUT2D eigenvalue weighted by molar-refractivity contribution is -0.139. The number of thiazole rings is 1. The largest absolute Gasteiger partial charge is 0.463 e. The maximum Gasteiger partial charge on any atom is 0.273 e. The monoisotopic (exact) mass is 302 g/mol. The molecule has 3 rings (SSSR count). The molecular formula is C16H18N2O2S. The van der Waals surface area contributed by atoms with E-state index in [1.165, 1.54) is 22.5 Å². The van der Waals surface area contributed by atoms with Crippen LogP contribution in [0.2, 0.25) is 0 Å². The van der Waals surface area contributed by atoms with Crippen molar-refractivity contribution in [1.82, 2.24) is 9.88 Å². The summed E-state index contributed by atoms with van der Waals surface area (Å²) in [5.41, 5.74) is 2.50. The van der Waals surface area contributed by atoms with E-state index < -0.39 is 0 Å². The number of nitrogens with zero attached hydrogens (tertiary/aromatic N) is 2. The van der Waals surface area contributed by atoms with E-state index in [2.05, 4.69) is 24.0 Å². The Kier molecular flexibility index (Phi) is 4.20. The first kappa shape index (κ1) is 14.1. The topological polar surface area (TPSA) is 42.4 Å². The molecule has 1 amide bonds. The predicted octanol–water partition coefficient (Wildman–Crippen LogP) is 2.67. The van der Waals surface area contributed by atoms with Crippen LogP contribution >= 0.6 is 11.3 Å². The van der Waals surface area contributed by atoms with Gasteiger partial charge in [0, 0.05) is 18.0 Å². The third-order valence-corrected chi connectivity index (χ3v) is 4.41. The molecular weight excluding hydrogens is 284 g/mol. The van der Waals surface area contributed by atoms with Gasteiger partial charge in [0.2, 0.25) is 5.91 Å². The van der Waals surface area contributed by atoms with E-state index in [9.17, 15) is 4.79 Å². The minimum atomic E-state index is 0.0959. The number of amides is 1. The first-order valence-electron chi connectivity index (χ1n) is 7.11. The van der Waals surface area contributed by atoms with Crippen LogP contribution in [0.25, 0.3) is 0 Å². The van der Waals surface area contributed by atoms with E-state index in [0.29, 0.717) is 24.7 Å². The molecule has 1 aliphatic rings. The lowest BCUT2D eigenvalue weighted by atomic mass is 10.0. The lowest BCUT2D eigenvalue weighted by Crippen LogP contribution is -2.56. The van der Waals surface area contributed by atoms with Gasteiger partial charge in [-0.3, -0.25) is 4.79 Å². The molecule has 1 aromatic carbocycles. The van der Waals surface area contributed by atoms with Crippen molar-refractivity contribution >= 4 is 17.2 Å². The van der Waals surface area contributed by atoms with Gasteiger partial charge in [-0.1, -0.05) is 35.6 Å². The van der Waals surface area contributed by atoms with Crippen molar-refractivity contribution < 1.29 is 9.53 Å². The van der Waals surface area contributed by atoms with Crippen LogP contribution in [0.15, 0.2) is 35.8 Å². The van der Waals surface area contributed by atoms with E-state index in [4.69, 9.17) is 4.74 Å². The minimum Gasteiger partial charge on any atom is -0.463 e. The second-order valence-electron chi connectivity index (χ2n) is 5.26. The number of hydrogen-bond donors (Lipinski definition) is 0. The summed E-state index contributed by atoms with van der Waals surface area (Å²) >= 11 is 1.48. The Morgan fingerprint density at radius 1 is 1.43 bits per heavy atom. The summed E-state index contributed by atoms with van der Waals surface area (Å²) in [6.07, 6.45) is 3.19. The fourth-order valence-corrected chi connectivity index (χ4v) is 2.97. The molecule has 0 spiro atoms. The van der Waals surface area contributed by atoms with Crippen LogP contribution in [-0.2, 0) is 11.2 Å². The highest BCUT2D eigenvalue weighted by atomic mass is 32.1. The quantitative estimate of drug-likeness (QED) is 0.853. The highest BCUT2D eigenvalue weighted by molar-refractivity contribution is 7.11. The maximum atomic E-state index is 12.1. The highest BCUT2D eigenvalue weighted by Gasteiger charge is 2.32. The molecule has 1 saturated heterocycles. The molecule has 0 atom stereocenters. The standard InChI is InChI=1S/C16H18N2O2S/c1-12-4-2-3-5-13(12)6-7-15(19)18-10-14(11-18)20-16-17-8-9-21-16/h2-5,8-9,14H,6-7,10-11H2,1H3. The minimum absolute atomic E-state index is 0.0959. The first-order valence-corrected chi connectivity index (χ1v) is 7.99. The molecule has 1 aliphatic heterocycles. The zero-order valence-corrected chi connectivity index (χ0v) is 12.8. The molecule has 1 fully saturated rings. The fraction of sp³-hybridized carbons (Fsp3) is 0.375. The van der Waals surface area contributed by atoms with Crippen LogP contribution in [0.1, 0.15) is 17.5 Å². The molecule has 2 heterocycles. The van der Waals surface area contributed by atoms with Gasteiger partial charge in [0.15, 0.2) is 0 Å². The van der Waals surface area contributed by atoms with Crippen LogP contribution in [0, 0.1) is 6.92 Å². The van der Waals surface area contributed by atoms with Crippen LogP contribution in [0.5, 0.6) is 5.19 Å². The first-order chi connectivity index (χ1) is 10.2. The van der Waals surface area contributed by atoms with Crippen LogP contribution in [-0.4, -0.2) is 35.0 Å². The molecule has 0 unspecified atom stereocenters. The average molecular weight is 302 g/mol. The van der Waals surface area contributed by atoms with Crippen molar-refractivity contribution in [2.24, 2.45) is 0 Å². The molecule has 21 heavy (non-hydrogen) atoms. The average Bonchev–Trinajstić information content (AvgIpc) is 2.94. The van der Waals surface area contributed by atoms with Crippen molar-refractivity contribution in [3.8, 4) is 5.19 Å². The second-order valence-corrected chi connectivity index (χ2v) is 6.12. The summed E-state index contributed by atoms with van der Waals surface area (Å²) in [5, 5.41) is 2.58. The number of rotatable bonds is 5. The number of carbonyl (C=O) groups is 1. The number of aromatic nitrogens is 1. The summed E-state index contributed by atoms with van der Waals surface area (Å²) in [7, 11) is 0. The van der Waals surface area contributed by atoms with Gasteiger partial charge in [-0.25, -0.2) is 4.98 Å². The van der Waals surface area contributed by atoms with Gasteiger partial charge in [0.25, 0.3) is 5.19 Å². The van der Waals surface area contributed by atoms with Crippen molar-refractivity contribution in [2.75, 3.05) is 13.1 Å². The SMILES string of the molecule is Cc1ccccc1CCC(=O)N1CC(Oc2nccs2)C1. The fourth-order valence-electron chi connectivity index (χ4n) is 2.42. The lowest BCUT2D eigenvalue weighted by Gasteiger charge is -2.38. The van der Waals surface area contributed by atoms with Gasteiger partial charge in [-0.2, -0.15) is 0 Å². The Bertz CT molecular complexity index is 606. The van der Waals surface area contributed by atoms with Crippen molar-refractivity contribution in [1.29, 1.82) is 0 Å². The third-order valence-electron chi connectivity index (χ3n) is 3.75. The predicted molar refractivity (Wildman–Crippen MR) is 82.6 cm³/mol. The van der Waals surface area contributed by atoms with Gasteiger partial charge in [0.05, 0.1) is 13.1 Å². The van der Waals surface area contributed by atoms with E-state index >= 15 is 0 Å². The number of aryl methyl sites for hydroxylation is 2. The zero-order valence-electron chi connectivity index (χ0n) is 12.0. The molecule has 0 bridgehead atoms. The summed E-state index contributed by atoms with van der Waals surface area (Å²) in [4.78, 5) is 18.1. The molecule has 110 valence electrons. The van der Waals surface area contributed by atoms with E-state index in [1.54, 1.807) is 6.20 Å². The Morgan fingerprint density at radius 2 is 2.24 bits per heavy atom. The van der Waals surface area contributed by atoms with Gasteiger partial charge >= 0.3 is 0 Å². The summed E-state index contributed by atoms with van der Waals surface area (Å²) in [5.74, 6) is 0.206. The Morgan fingerprint density at radius 3 is 2.95 bits per heavy atom. The van der Waals surface area contributed by atoms with Crippen molar-refractivity contribution in [2.45, 2.75) is 25.9 Å². The van der Waals surface area contributed by atoms with E-state index in [-0.39, 0.29) is 12.0 Å². The smallest absolute Gasteiger partial charge is 0.273 e. The van der Waals surface area contributed by atoms with Gasteiger partial charge in [-0.15, -0.1) is 0 Å². The third kappa shape index (κ3) is 3.42. The van der Waals surface area contributed by atoms with Gasteiger partial charge in [0.1, 0.15) is 6.10 Å². The molecule has 0 aliphatic carbocycles. The van der Waals surface area contributed by atoms with Gasteiger partial charge in [-0.05, 0) is 24.5 Å². The van der Waals surface area contributed by atoms with Crippen LogP contribution in [0.3, 0.4) is 0 Å². The number of ether oxygens (including phenoxy) is 1. The maximum absolute atomic E-state index is 12.1. The molecule has 0 radical (unpaired) electrons. The number of likely N-dealkylation sites (tertiary alicyclic amines) is 1. The summed E-state index contributed by atoms with van der Waals surface area (Å²) in [6, 6.07) is 8.22. The van der Waals surface area contributed by atoms with E-state index in [1.807, 2.05) is 22.4 Å². The summed E-state index contributed by atoms with van der Waals surface area (Å²) < 4.78 is 5.67. The van der Waals surface area contributed by atoms with Crippen LogP contribution < -0.4 is 4.74 Å². The number of carbonyl (C=O) groups excluding carboxylic acids is 1. The molecule has 1 aromatic heterocycles. The Labute approximate surface area is 128 Å². The van der Waals surface area contributed by atoms with Crippen LogP contribution in [0.4, 0.5) is 0 Å². The van der Waals surface area contributed by atoms with Crippen molar-refractivity contribution in [3.05, 3.63) is 47.0 Å². The Hall–Kier alpha value is -1.88. The summed E-state index contributed by atoms with van der Waals surface area (Å²) in [6.45, 7) is 3.43. The van der Waals surface area contributed by atoms with Gasteiger partial charge < -0.3 is 9.64 Å². The number of hydrogen-bond acceptors (Lipinski definition) is 4. The molecule has 0 saturated carbocycles. The zero-order chi connectivity index (χ0) is 14.7. The second kappa shape index (κ2) is 6.26. The number of benzene rings is 1.